The number of benzene rings is 3. The van der Waals surface area contributed by atoms with Crippen LogP contribution in [0.3, 0.4) is 0 Å². The number of halogens is 1. The second kappa shape index (κ2) is 9.40. The molecule has 3 aromatic carbocycles. The summed E-state index contributed by atoms with van der Waals surface area (Å²) < 4.78 is 46.9. The summed E-state index contributed by atoms with van der Waals surface area (Å²) in [5.74, 6) is -0.899. The van der Waals surface area contributed by atoms with Crippen LogP contribution in [0.15, 0.2) is 65.6 Å². The van der Waals surface area contributed by atoms with E-state index in [1.54, 1.807) is 25.1 Å². The van der Waals surface area contributed by atoms with E-state index in [0.717, 1.165) is 27.6 Å². The van der Waals surface area contributed by atoms with Gasteiger partial charge in [-0.15, -0.1) is 0 Å². The summed E-state index contributed by atoms with van der Waals surface area (Å²) in [7, 11) is -2.84. The number of methoxy groups -OCH3 is 1. The van der Waals surface area contributed by atoms with Gasteiger partial charge in [-0.1, -0.05) is 12.1 Å². The lowest BCUT2D eigenvalue weighted by Crippen LogP contribution is -2.38. The highest BCUT2D eigenvalue weighted by atomic mass is 32.2. The monoisotopic (exact) mass is 456 g/mol. The van der Waals surface area contributed by atoms with Gasteiger partial charge in [0.25, 0.3) is 10.0 Å². The van der Waals surface area contributed by atoms with E-state index in [2.05, 4.69) is 5.32 Å². The van der Waals surface area contributed by atoms with Crippen LogP contribution in [-0.2, 0) is 14.8 Å². The number of aryl methyl sites for hydroxylation is 3. The number of rotatable bonds is 7. The van der Waals surface area contributed by atoms with E-state index in [1.807, 2.05) is 26.0 Å². The first-order chi connectivity index (χ1) is 15.1. The summed E-state index contributed by atoms with van der Waals surface area (Å²) in [5, 5.41) is 2.73. The highest BCUT2D eigenvalue weighted by Crippen LogP contribution is 2.31. The van der Waals surface area contributed by atoms with Gasteiger partial charge in [-0.05, 0) is 86.0 Å². The summed E-state index contributed by atoms with van der Waals surface area (Å²) >= 11 is 0. The van der Waals surface area contributed by atoms with Crippen molar-refractivity contribution in [3.8, 4) is 5.75 Å². The van der Waals surface area contributed by atoms with Gasteiger partial charge in [-0.2, -0.15) is 0 Å². The van der Waals surface area contributed by atoms with Gasteiger partial charge in [0.2, 0.25) is 5.91 Å². The van der Waals surface area contributed by atoms with Gasteiger partial charge >= 0.3 is 0 Å². The van der Waals surface area contributed by atoms with Crippen molar-refractivity contribution in [2.45, 2.75) is 25.7 Å². The molecule has 8 heteroatoms. The molecular weight excluding hydrogens is 431 g/mol. The third kappa shape index (κ3) is 5.08. The Morgan fingerprint density at radius 1 is 0.969 bits per heavy atom. The van der Waals surface area contributed by atoms with Crippen molar-refractivity contribution in [1.29, 1.82) is 0 Å². The lowest BCUT2D eigenvalue weighted by molar-refractivity contribution is -0.114. The normalized spacial score (nSPS) is 11.2. The molecular formula is C24H25FN2O4S. The number of anilines is 2. The molecule has 0 heterocycles. The molecule has 32 heavy (non-hydrogen) atoms. The van der Waals surface area contributed by atoms with Gasteiger partial charge in [0.1, 0.15) is 23.0 Å². The third-order valence-corrected chi connectivity index (χ3v) is 6.87. The van der Waals surface area contributed by atoms with E-state index in [1.165, 1.54) is 25.3 Å². The lowest BCUT2D eigenvalue weighted by atomic mass is 10.1. The second-order valence-electron chi connectivity index (χ2n) is 7.49. The smallest absolute Gasteiger partial charge is 0.268 e. The molecule has 0 bridgehead atoms. The predicted octanol–water partition coefficient (Wildman–Crippen LogP) is 4.59. The van der Waals surface area contributed by atoms with Crippen LogP contribution in [0.5, 0.6) is 5.75 Å². The highest BCUT2D eigenvalue weighted by molar-refractivity contribution is 7.93. The number of hydrogen-bond acceptors (Lipinski definition) is 4. The molecule has 0 aliphatic rings. The number of amides is 1. The minimum Gasteiger partial charge on any atom is -0.495 e. The van der Waals surface area contributed by atoms with Gasteiger partial charge in [0.05, 0.1) is 12.8 Å². The van der Waals surface area contributed by atoms with E-state index >= 15 is 0 Å². The van der Waals surface area contributed by atoms with Crippen LogP contribution in [0, 0.1) is 26.6 Å². The lowest BCUT2D eigenvalue weighted by Gasteiger charge is -2.25. The Kier molecular flexibility index (Phi) is 6.84. The van der Waals surface area contributed by atoms with Crippen molar-refractivity contribution < 1.29 is 22.3 Å². The maximum Gasteiger partial charge on any atom is 0.268 e. The van der Waals surface area contributed by atoms with Crippen LogP contribution in [0.25, 0.3) is 0 Å². The first-order valence-electron chi connectivity index (χ1n) is 9.92. The zero-order valence-electron chi connectivity index (χ0n) is 18.3. The van der Waals surface area contributed by atoms with Crippen molar-refractivity contribution in [1.82, 2.24) is 0 Å². The van der Waals surface area contributed by atoms with Crippen LogP contribution in [0.1, 0.15) is 16.7 Å². The van der Waals surface area contributed by atoms with Crippen molar-refractivity contribution in [2.75, 3.05) is 23.3 Å². The quantitative estimate of drug-likeness (QED) is 0.564. The minimum absolute atomic E-state index is 0.0803. The van der Waals surface area contributed by atoms with Gasteiger partial charge in [-0.3, -0.25) is 9.10 Å². The number of nitrogens with zero attached hydrogens (tertiary/aromatic N) is 1. The summed E-state index contributed by atoms with van der Waals surface area (Å²) in [6.07, 6.45) is 0. The van der Waals surface area contributed by atoms with E-state index in [-0.39, 0.29) is 16.3 Å². The van der Waals surface area contributed by atoms with Crippen LogP contribution in [0.2, 0.25) is 0 Å². The average Bonchev–Trinajstić information content (AvgIpc) is 2.75. The van der Waals surface area contributed by atoms with Gasteiger partial charge < -0.3 is 10.1 Å². The molecule has 3 rings (SSSR count). The first kappa shape index (κ1) is 23.3. The molecule has 0 aliphatic heterocycles. The molecule has 0 atom stereocenters. The molecule has 0 saturated carbocycles. The Bertz CT molecular complexity index is 1240. The fraction of sp³-hybridized carbons (Fsp3) is 0.208. The topological polar surface area (TPSA) is 75.7 Å². The van der Waals surface area contributed by atoms with Crippen molar-refractivity contribution in [3.05, 3.63) is 83.2 Å². The average molecular weight is 457 g/mol. The maximum atomic E-state index is 13.6. The van der Waals surface area contributed by atoms with Crippen LogP contribution in [-0.4, -0.2) is 28.0 Å². The Morgan fingerprint density at radius 2 is 1.66 bits per heavy atom. The number of ether oxygens (including phenoxy) is 1. The Labute approximate surface area is 187 Å². The van der Waals surface area contributed by atoms with Crippen LogP contribution < -0.4 is 14.4 Å². The molecule has 1 amide bonds. The molecule has 1 N–H and O–H groups in total. The zero-order valence-corrected chi connectivity index (χ0v) is 19.2. The summed E-state index contributed by atoms with van der Waals surface area (Å²) in [5.41, 5.74) is 3.50. The zero-order chi connectivity index (χ0) is 23.5. The fourth-order valence-electron chi connectivity index (χ4n) is 3.18. The largest absolute Gasteiger partial charge is 0.495 e. The molecule has 0 fully saturated rings. The number of hydrogen-bond donors (Lipinski definition) is 1. The standard InChI is InChI=1S/C24H25FN2O4S/c1-16-5-12-22(31-4)23(13-16)32(29,30)27(21-10-7-19(25)8-11-21)15-24(28)26-20-9-6-17(2)18(3)14-20/h5-14H,15H2,1-4H3,(H,26,28). The molecule has 0 spiro atoms. The maximum absolute atomic E-state index is 13.6. The van der Waals surface area contributed by atoms with Crippen molar-refractivity contribution in [2.24, 2.45) is 0 Å². The van der Waals surface area contributed by atoms with E-state index in [9.17, 15) is 17.6 Å². The van der Waals surface area contributed by atoms with Gasteiger partial charge in [0.15, 0.2) is 0 Å². The van der Waals surface area contributed by atoms with Crippen molar-refractivity contribution in [3.63, 3.8) is 0 Å². The predicted molar refractivity (Wildman–Crippen MR) is 123 cm³/mol. The Balaban J connectivity index is 2.00. The fourth-order valence-corrected chi connectivity index (χ4v) is 4.84. The van der Waals surface area contributed by atoms with Gasteiger partial charge in [-0.25, -0.2) is 12.8 Å². The second-order valence-corrected chi connectivity index (χ2v) is 9.32. The summed E-state index contributed by atoms with van der Waals surface area (Å²) in [6, 6.07) is 15.1. The van der Waals surface area contributed by atoms with E-state index in [4.69, 9.17) is 4.74 Å². The first-order valence-corrected chi connectivity index (χ1v) is 11.4. The third-order valence-electron chi connectivity index (χ3n) is 5.08. The van der Waals surface area contributed by atoms with Gasteiger partial charge in [0, 0.05) is 5.69 Å². The Hall–Kier alpha value is -3.39. The SMILES string of the molecule is COc1ccc(C)cc1S(=O)(=O)N(CC(=O)Nc1ccc(C)c(C)c1)c1ccc(F)cc1. The van der Waals surface area contributed by atoms with E-state index < -0.39 is 28.3 Å². The number of sulfonamides is 1. The van der Waals surface area contributed by atoms with Crippen LogP contribution >= 0.6 is 0 Å². The van der Waals surface area contributed by atoms with Crippen LogP contribution in [0.4, 0.5) is 15.8 Å². The number of nitrogens with one attached hydrogen (secondary N) is 1. The molecule has 0 unspecified atom stereocenters. The molecule has 0 saturated heterocycles. The number of carbonyl (C=O) groups is 1. The minimum atomic E-state index is -4.21. The number of carbonyl (C=O) groups excluding carboxylic acids is 1. The molecule has 6 nitrogen and oxygen atoms in total. The molecule has 0 radical (unpaired) electrons. The summed E-state index contributed by atoms with van der Waals surface area (Å²) in [4.78, 5) is 12.8. The highest BCUT2D eigenvalue weighted by Gasteiger charge is 2.30. The van der Waals surface area contributed by atoms with E-state index in [0.29, 0.717) is 11.3 Å². The Morgan fingerprint density at radius 3 is 2.28 bits per heavy atom. The molecule has 0 aromatic heterocycles. The van der Waals surface area contributed by atoms with Crippen molar-refractivity contribution >= 4 is 27.3 Å². The molecule has 168 valence electrons. The summed E-state index contributed by atoms with van der Waals surface area (Å²) in [6.45, 7) is 5.13. The molecule has 3 aromatic rings. The molecule has 0 aliphatic carbocycles.